The number of aliphatic hydroxyl groups is 1. The van der Waals surface area contributed by atoms with Crippen LogP contribution in [0.5, 0.6) is 0 Å². The van der Waals surface area contributed by atoms with Crippen molar-refractivity contribution in [1.82, 2.24) is 4.98 Å². The fourth-order valence-electron chi connectivity index (χ4n) is 0.757. The monoisotopic (exact) mass is 155 g/mol. The molecule has 54 valence electrons. The van der Waals surface area contributed by atoms with Crippen LogP contribution < -0.4 is 0 Å². The summed E-state index contributed by atoms with van der Waals surface area (Å²) in [5, 5.41) is 8.56. The van der Waals surface area contributed by atoms with Gasteiger partial charge in [-0.15, -0.1) is 0 Å². The molecule has 0 fully saturated rings. The molecule has 0 radical (unpaired) electrons. The molecule has 0 saturated carbocycles. The lowest BCUT2D eigenvalue weighted by atomic mass is 10.3. The van der Waals surface area contributed by atoms with E-state index in [9.17, 15) is 0 Å². The summed E-state index contributed by atoms with van der Waals surface area (Å²) < 4.78 is 0.808. The SMILES string of the molecule is OCCc1cc(=S)cc[nH]1. The van der Waals surface area contributed by atoms with E-state index in [1.54, 1.807) is 6.20 Å². The molecule has 0 bridgehead atoms. The summed E-state index contributed by atoms with van der Waals surface area (Å²) in [4.78, 5) is 2.98. The van der Waals surface area contributed by atoms with Crippen LogP contribution in [0, 0.1) is 4.51 Å². The van der Waals surface area contributed by atoms with Crippen LogP contribution in [-0.2, 0) is 6.42 Å². The highest BCUT2D eigenvalue weighted by Gasteiger charge is 1.88. The van der Waals surface area contributed by atoms with Crippen LogP contribution in [-0.4, -0.2) is 16.7 Å². The molecular weight excluding hydrogens is 146 g/mol. The zero-order valence-electron chi connectivity index (χ0n) is 5.50. The van der Waals surface area contributed by atoms with Gasteiger partial charge in [-0.3, -0.25) is 0 Å². The van der Waals surface area contributed by atoms with Crippen molar-refractivity contribution in [2.24, 2.45) is 0 Å². The average molecular weight is 155 g/mol. The molecule has 1 rings (SSSR count). The zero-order valence-corrected chi connectivity index (χ0v) is 6.32. The first-order chi connectivity index (χ1) is 4.83. The van der Waals surface area contributed by atoms with Crippen molar-refractivity contribution in [2.75, 3.05) is 6.61 Å². The van der Waals surface area contributed by atoms with Gasteiger partial charge in [0, 0.05) is 29.4 Å². The molecular formula is C7H9NOS. The standard InChI is InChI=1S/C7H9NOS/c9-4-2-6-5-7(10)1-3-8-6/h1,3,5,9H,2,4H2,(H,8,10). The molecule has 1 heterocycles. The van der Waals surface area contributed by atoms with Gasteiger partial charge in [0.15, 0.2) is 0 Å². The molecule has 0 unspecified atom stereocenters. The van der Waals surface area contributed by atoms with Crippen LogP contribution in [0.2, 0.25) is 0 Å². The average Bonchev–Trinajstić information content (AvgIpc) is 1.88. The Balaban J connectivity index is 2.85. The van der Waals surface area contributed by atoms with Crippen molar-refractivity contribution in [3.8, 4) is 0 Å². The Kier molecular flexibility index (Phi) is 2.59. The van der Waals surface area contributed by atoms with E-state index in [4.69, 9.17) is 17.3 Å². The first-order valence-corrected chi connectivity index (χ1v) is 3.52. The Hall–Kier alpha value is -0.670. The summed E-state index contributed by atoms with van der Waals surface area (Å²) in [7, 11) is 0. The molecule has 0 spiro atoms. The first-order valence-electron chi connectivity index (χ1n) is 3.11. The van der Waals surface area contributed by atoms with Gasteiger partial charge in [0.05, 0.1) is 0 Å². The fourth-order valence-corrected chi connectivity index (χ4v) is 0.967. The van der Waals surface area contributed by atoms with Gasteiger partial charge in [-0.05, 0) is 12.1 Å². The topological polar surface area (TPSA) is 36.0 Å². The van der Waals surface area contributed by atoms with Crippen molar-refractivity contribution in [3.63, 3.8) is 0 Å². The summed E-state index contributed by atoms with van der Waals surface area (Å²) in [6.45, 7) is 0.162. The Labute approximate surface area is 64.5 Å². The van der Waals surface area contributed by atoms with Crippen molar-refractivity contribution >= 4 is 12.2 Å². The van der Waals surface area contributed by atoms with Crippen LogP contribution in [0.25, 0.3) is 0 Å². The molecule has 2 N–H and O–H groups in total. The molecule has 0 aromatic carbocycles. The predicted octanol–water partition coefficient (Wildman–Crippen LogP) is 1.28. The third kappa shape index (κ3) is 1.93. The summed E-state index contributed by atoms with van der Waals surface area (Å²) >= 11 is 4.91. The largest absolute Gasteiger partial charge is 0.396 e. The number of hydrogen-bond acceptors (Lipinski definition) is 2. The normalized spacial score (nSPS) is 9.70. The Morgan fingerprint density at radius 3 is 3.00 bits per heavy atom. The van der Waals surface area contributed by atoms with Gasteiger partial charge in [0.2, 0.25) is 0 Å². The van der Waals surface area contributed by atoms with Crippen molar-refractivity contribution < 1.29 is 5.11 Å². The van der Waals surface area contributed by atoms with Gasteiger partial charge in [0.1, 0.15) is 0 Å². The minimum absolute atomic E-state index is 0.162. The molecule has 0 aliphatic heterocycles. The lowest BCUT2D eigenvalue weighted by Crippen LogP contribution is -1.92. The molecule has 0 aliphatic rings. The fraction of sp³-hybridized carbons (Fsp3) is 0.286. The van der Waals surface area contributed by atoms with Gasteiger partial charge in [-0.1, -0.05) is 12.2 Å². The summed E-state index contributed by atoms with van der Waals surface area (Å²) in [5.74, 6) is 0. The van der Waals surface area contributed by atoms with Crippen molar-refractivity contribution in [1.29, 1.82) is 0 Å². The summed E-state index contributed by atoms with van der Waals surface area (Å²) in [5.41, 5.74) is 0.981. The number of nitrogens with one attached hydrogen (secondary N) is 1. The predicted molar refractivity (Wildman–Crippen MR) is 42.4 cm³/mol. The van der Waals surface area contributed by atoms with E-state index in [1.165, 1.54) is 0 Å². The third-order valence-electron chi connectivity index (χ3n) is 1.21. The van der Waals surface area contributed by atoms with Crippen LogP contribution in [0.15, 0.2) is 18.3 Å². The van der Waals surface area contributed by atoms with Crippen molar-refractivity contribution in [2.45, 2.75) is 6.42 Å². The molecule has 10 heavy (non-hydrogen) atoms. The molecule has 2 nitrogen and oxygen atoms in total. The van der Waals surface area contributed by atoms with E-state index in [2.05, 4.69) is 4.98 Å². The Morgan fingerprint density at radius 2 is 2.40 bits per heavy atom. The number of rotatable bonds is 2. The highest BCUT2D eigenvalue weighted by atomic mass is 32.1. The third-order valence-corrected chi connectivity index (χ3v) is 1.47. The molecule has 0 amide bonds. The lowest BCUT2D eigenvalue weighted by molar-refractivity contribution is 0.298. The number of H-pyrrole nitrogens is 1. The highest BCUT2D eigenvalue weighted by molar-refractivity contribution is 7.71. The molecule has 1 aromatic rings. The van der Waals surface area contributed by atoms with Crippen LogP contribution in [0.1, 0.15) is 5.69 Å². The maximum absolute atomic E-state index is 8.56. The van der Waals surface area contributed by atoms with Crippen LogP contribution in [0.3, 0.4) is 0 Å². The lowest BCUT2D eigenvalue weighted by Gasteiger charge is -1.95. The quantitative estimate of drug-likeness (QED) is 0.631. The van der Waals surface area contributed by atoms with Gasteiger partial charge >= 0.3 is 0 Å². The molecule has 1 aromatic heterocycles. The second-order valence-corrected chi connectivity index (χ2v) is 2.49. The molecule has 3 heteroatoms. The molecule has 0 aliphatic carbocycles. The van der Waals surface area contributed by atoms with Crippen LogP contribution in [0.4, 0.5) is 0 Å². The second kappa shape index (κ2) is 3.49. The number of pyridine rings is 1. The van der Waals surface area contributed by atoms with Gasteiger partial charge in [-0.25, -0.2) is 0 Å². The van der Waals surface area contributed by atoms with E-state index in [-0.39, 0.29) is 6.61 Å². The maximum Gasteiger partial charge on any atom is 0.0485 e. The minimum Gasteiger partial charge on any atom is -0.396 e. The number of aliphatic hydroxyl groups excluding tert-OH is 1. The van der Waals surface area contributed by atoms with Gasteiger partial charge < -0.3 is 10.1 Å². The molecule has 0 atom stereocenters. The highest BCUT2D eigenvalue weighted by Crippen LogP contribution is 1.95. The minimum atomic E-state index is 0.162. The van der Waals surface area contributed by atoms with E-state index in [0.717, 1.165) is 10.2 Å². The number of aromatic amines is 1. The summed E-state index contributed by atoms with van der Waals surface area (Å²) in [6.07, 6.45) is 2.43. The summed E-state index contributed by atoms with van der Waals surface area (Å²) in [6, 6.07) is 3.67. The van der Waals surface area contributed by atoms with E-state index in [0.29, 0.717) is 6.42 Å². The first kappa shape index (κ1) is 7.44. The Bertz CT molecular complexity index is 256. The van der Waals surface area contributed by atoms with E-state index < -0.39 is 0 Å². The number of aromatic nitrogens is 1. The Morgan fingerprint density at radius 1 is 1.60 bits per heavy atom. The zero-order chi connectivity index (χ0) is 7.40. The van der Waals surface area contributed by atoms with Crippen molar-refractivity contribution in [3.05, 3.63) is 28.5 Å². The van der Waals surface area contributed by atoms with E-state index in [1.807, 2.05) is 12.1 Å². The smallest absolute Gasteiger partial charge is 0.0485 e. The van der Waals surface area contributed by atoms with E-state index >= 15 is 0 Å². The van der Waals surface area contributed by atoms with Gasteiger partial charge in [0.25, 0.3) is 0 Å². The number of hydrogen-bond donors (Lipinski definition) is 2. The van der Waals surface area contributed by atoms with Gasteiger partial charge in [-0.2, -0.15) is 0 Å². The molecule has 0 saturated heterocycles. The second-order valence-electron chi connectivity index (χ2n) is 2.02. The maximum atomic E-state index is 8.56. The van der Waals surface area contributed by atoms with Crippen LogP contribution >= 0.6 is 12.2 Å².